The van der Waals surface area contributed by atoms with Crippen molar-refractivity contribution in [1.29, 1.82) is 0 Å². The van der Waals surface area contributed by atoms with E-state index in [1.54, 1.807) is 4.90 Å². The zero-order valence-electron chi connectivity index (χ0n) is 19.3. The molecule has 4 amide bonds. The van der Waals surface area contributed by atoms with Gasteiger partial charge in [-0.15, -0.1) is 0 Å². The third kappa shape index (κ3) is 3.77. The number of imide groups is 1. The molecule has 2 saturated heterocycles. The van der Waals surface area contributed by atoms with Crippen LogP contribution in [0.15, 0.2) is 48.5 Å². The molecule has 5 rings (SSSR count). The van der Waals surface area contributed by atoms with Crippen molar-refractivity contribution in [2.24, 2.45) is 0 Å². The fraction of sp³-hybridized carbons (Fsp3) is 0.423. The van der Waals surface area contributed by atoms with Gasteiger partial charge in [0.25, 0.3) is 5.91 Å². The van der Waals surface area contributed by atoms with Gasteiger partial charge >= 0.3 is 6.03 Å². The largest absolute Gasteiger partial charge is 0.490 e. The number of carbonyl (C=O) groups excluding carboxylic acids is 3. The Bertz CT molecular complexity index is 1100. The molecule has 1 N–H and O–H groups in total. The van der Waals surface area contributed by atoms with E-state index < -0.39 is 11.6 Å². The molecule has 3 aliphatic rings. The summed E-state index contributed by atoms with van der Waals surface area (Å²) in [5.74, 6) is 0.788. The summed E-state index contributed by atoms with van der Waals surface area (Å²) in [4.78, 5) is 42.4. The van der Waals surface area contributed by atoms with Crippen LogP contribution in [0.1, 0.15) is 49.8 Å². The van der Waals surface area contributed by atoms with Crippen molar-refractivity contribution in [2.75, 3.05) is 26.3 Å². The molecular weight excluding hydrogens is 434 g/mol. The van der Waals surface area contributed by atoms with E-state index in [4.69, 9.17) is 9.47 Å². The van der Waals surface area contributed by atoms with Crippen molar-refractivity contribution < 1.29 is 23.9 Å². The summed E-state index contributed by atoms with van der Waals surface area (Å²) in [6.45, 7) is 3.38. The van der Waals surface area contributed by atoms with Gasteiger partial charge in [0.15, 0.2) is 11.5 Å². The van der Waals surface area contributed by atoms with E-state index in [1.807, 2.05) is 55.5 Å². The van der Waals surface area contributed by atoms with Crippen molar-refractivity contribution in [1.82, 2.24) is 15.1 Å². The Morgan fingerprint density at radius 3 is 2.59 bits per heavy atom. The summed E-state index contributed by atoms with van der Waals surface area (Å²) in [7, 11) is 0. The van der Waals surface area contributed by atoms with Crippen LogP contribution < -0.4 is 14.8 Å². The Balaban J connectivity index is 1.34. The highest BCUT2D eigenvalue weighted by Crippen LogP contribution is 2.38. The highest BCUT2D eigenvalue weighted by Gasteiger charge is 2.52. The Kier molecular flexibility index (Phi) is 5.89. The monoisotopic (exact) mass is 463 g/mol. The van der Waals surface area contributed by atoms with Crippen molar-refractivity contribution in [2.45, 2.75) is 44.2 Å². The highest BCUT2D eigenvalue weighted by molar-refractivity contribution is 6.09. The number of fused-ring (bicyclic) bond motifs is 1. The summed E-state index contributed by atoms with van der Waals surface area (Å²) in [5.41, 5.74) is 0.550. The van der Waals surface area contributed by atoms with Crippen LogP contribution in [-0.4, -0.2) is 53.9 Å². The molecule has 2 atom stereocenters. The maximum absolute atomic E-state index is 13.4. The second-order valence-corrected chi connectivity index (χ2v) is 8.95. The third-order valence-electron chi connectivity index (χ3n) is 7.00. The van der Waals surface area contributed by atoms with Crippen LogP contribution in [0, 0.1) is 0 Å². The van der Waals surface area contributed by atoms with Gasteiger partial charge in [-0.2, -0.15) is 0 Å². The minimum absolute atomic E-state index is 0.129. The average Bonchev–Trinajstić information content (AvgIpc) is 3.35. The summed E-state index contributed by atoms with van der Waals surface area (Å²) >= 11 is 0. The smallest absolute Gasteiger partial charge is 0.325 e. The van der Waals surface area contributed by atoms with Crippen LogP contribution in [0.3, 0.4) is 0 Å². The van der Waals surface area contributed by atoms with Gasteiger partial charge in [0, 0.05) is 13.0 Å². The molecule has 34 heavy (non-hydrogen) atoms. The third-order valence-corrected chi connectivity index (χ3v) is 7.00. The molecule has 0 aliphatic carbocycles. The lowest BCUT2D eigenvalue weighted by molar-refractivity contribution is -0.139. The van der Waals surface area contributed by atoms with Gasteiger partial charge in [0.2, 0.25) is 5.91 Å². The number of urea groups is 1. The van der Waals surface area contributed by atoms with Gasteiger partial charge in [-0.05, 0) is 42.5 Å². The molecule has 0 aromatic heterocycles. The first-order valence-electron chi connectivity index (χ1n) is 11.9. The van der Waals surface area contributed by atoms with Crippen molar-refractivity contribution in [3.63, 3.8) is 0 Å². The van der Waals surface area contributed by atoms with Gasteiger partial charge in [-0.25, -0.2) is 4.79 Å². The molecule has 0 spiro atoms. The van der Waals surface area contributed by atoms with Crippen molar-refractivity contribution >= 4 is 17.8 Å². The van der Waals surface area contributed by atoms with Gasteiger partial charge < -0.3 is 19.7 Å². The Labute approximate surface area is 198 Å². The lowest BCUT2D eigenvalue weighted by atomic mass is 9.87. The first-order chi connectivity index (χ1) is 16.5. The predicted molar refractivity (Wildman–Crippen MR) is 124 cm³/mol. The number of nitrogens with one attached hydrogen (secondary N) is 1. The molecule has 3 heterocycles. The number of ether oxygens (including phenoxy) is 2. The van der Waals surface area contributed by atoms with Crippen LogP contribution in [-0.2, 0) is 15.1 Å². The molecule has 178 valence electrons. The summed E-state index contributed by atoms with van der Waals surface area (Å²) in [6, 6.07) is 14.3. The Morgan fingerprint density at radius 2 is 1.82 bits per heavy atom. The molecule has 2 aromatic rings. The van der Waals surface area contributed by atoms with E-state index in [0.717, 1.165) is 35.3 Å². The highest BCUT2D eigenvalue weighted by atomic mass is 16.5. The van der Waals surface area contributed by atoms with Crippen LogP contribution in [0.2, 0.25) is 0 Å². The normalized spacial score (nSPS) is 24.2. The molecule has 2 aromatic carbocycles. The molecule has 0 saturated carbocycles. The first kappa shape index (κ1) is 22.3. The van der Waals surface area contributed by atoms with Gasteiger partial charge in [0.05, 0.1) is 19.3 Å². The van der Waals surface area contributed by atoms with E-state index >= 15 is 0 Å². The summed E-state index contributed by atoms with van der Waals surface area (Å²) < 4.78 is 11.5. The van der Waals surface area contributed by atoms with Gasteiger partial charge in [-0.1, -0.05) is 43.3 Å². The average molecular weight is 464 g/mol. The topological polar surface area (TPSA) is 88.2 Å². The lowest BCUT2D eigenvalue weighted by Gasteiger charge is -2.28. The van der Waals surface area contributed by atoms with Crippen molar-refractivity contribution in [3.05, 3.63) is 59.7 Å². The molecule has 0 bridgehead atoms. The first-order valence-corrected chi connectivity index (χ1v) is 11.9. The van der Waals surface area contributed by atoms with Crippen LogP contribution >= 0.6 is 0 Å². The van der Waals surface area contributed by atoms with E-state index in [-0.39, 0.29) is 24.4 Å². The minimum Gasteiger partial charge on any atom is -0.490 e. The van der Waals surface area contributed by atoms with Gasteiger partial charge in [-0.3, -0.25) is 14.5 Å². The van der Waals surface area contributed by atoms with E-state index in [2.05, 4.69) is 5.32 Å². The van der Waals surface area contributed by atoms with Crippen LogP contribution in [0.4, 0.5) is 4.79 Å². The second-order valence-electron chi connectivity index (χ2n) is 8.95. The molecule has 8 nitrogen and oxygen atoms in total. The van der Waals surface area contributed by atoms with Crippen LogP contribution in [0.5, 0.6) is 11.5 Å². The van der Waals surface area contributed by atoms with E-state index in [0.29, 0.717) is 37.7 Å². The van der Waals surface area contributed by atoms with Crippen molar-refractivity contribution in [3.8, 4) is 11.5 Å². The molecule has 8 heteroatoms. The Morgan fingerprint density at radius 1 is 1.06 bits per heavy atom. The molecule has 3 aliphatic heterocycles. The number of likely N-dealkylation sites (tertiary alicyclic amines) is 1. The summed E-state index contributed by atoms with van der Waals surface area (Å²) in [6.07, 6.45) is 2.89. The fourth-order valence-corrected chi connectivity index (χ4v) is 5.16. The molecular formula is C26H29N3O5. The lowest BCUT2D eigenvalue weighted by Crippen LogP contribution is -2.45. The number of benzene rings is 2. The Hall–Kier alpha value is -3.55. The fourth-order valence-electron chi connectivity index (χ4n) is 5.16. The number of hydrogen-bond acceptors (Lipinski definition) is 5. The molecule has 0 radical (unpaired) electrons. The maximum Gasteiger partial charge on any atom is 0.325 e. The minimum atomic E-state index is -1.14. The number of nitrogens with zero attached hydrogens (tertiary/aromatic N) is 2. The van der Waals surface area contributed by atoms with E-state index in [9.17, 15) is 14.4 Å². The number of amides is 4. The maximum atomic E-state index is 13.4. The number of hydrogen-bond donors (Lipinski definition) is 1. The molecule has 0 unspecified atom stereocenters. The standard InChI is InChI=1S/C26H29N3O5/c1-2-26(19-8-4-3-5-9-19)24(31)29(25(32)27-26)17-23(30)28-13-6-10-20(28)18-11-12-21-22(16-18)34-15-7-14-33-21/h3-5,8-9,11-12,16,20H,2,6-7,10,13-15,17H2,1H3,(H,27,32)/t20-,26-/m1/s1. The number of carbonyl (C=O) groups is 3. The zero-order valence-corrected chi connectivity index (χ0v) is 19.3. The zero-order chi connectivity index (χ0) is 23.7. The predicted octanol–water partition coefficient (Wildman–Crippen LogP) is 3.37. The van der Waals surface area contributed by atoms with Crippen LogP contribution in [0.25, 0.3) is 0 Å². The second kappa shape index (κ2) is 9.00. The molecule has 2 fully saturated rings. The van der Waals surface area contributed by atoms with E-state index in [1.165, 1.54) is 0 Å². The number of rotatable bonds is 5. The SMILES string of the molecule is CC[C@]1(c2ccccc2)NC(=O)N(CC(=O)N2CCC[C@@H]2c2ccc3c(c2)OCCCO3)C1=O. The summed E-state index contributed by atoms with van der Waals surface area (Å²) in [5, 5.41) is 2.85. The van der Waals surface area contributed by atoms with Gasteiger partial charge in [0.1, 0.15) is 12.1 Å². The quantitative estimate of drug-likeness (QED) is 0.687.